The predicted octanol–water partition coefficient (Wildman–Crippen LogP) is 2.65. The summed E-state index contributed by atoms with van der Waals surface area (Å²) in [6.07, 6.45) is 4.02. The molecule has 4 heterocycles. The molecule has 1 aliphatic heterocycles. The number of carbonyl (C=O) groups excluding carboxylic acids is 1. The Morgan fingerprint density at radius 2 is 1.91 bits per heavy atom. The maximum Gasteiger partial charge on any atom is 0.233 e. The lowest BCUT2D eigenvalue weighted by atomic mass is 10.0. The van der Waals surface area contributed by atoms with Crippen LogP contribution in [-0.4, -0.2) is 42.2 Å². The van der Waals surface area contributed by atoms with Crippen molar-refractivity contribution in [3.05, 3.63) is 72.3 Å². The topological polar surface area (TPSA) is 138 Å². The molecular formula is C25H19N4O6-. The first-order valence-corrected chi connectivity index (χ1v) is 10.8. The van der Waals surface area contributed by atoms with Gasteiger partial charge in [0.15, 0.2) is 6.61 Å². The Bertz CT molecular complexity index is 1370. The number of aromatic nitrogens is 2. The fraction of sp³-hybridized carbons (Fsp3) is 0.200. The molecule has 4 aromatic rings. The Morgan fingerprint density at radius 1 is 1.11 bits per heavy atom. The van der Waals surface area contributed by atoms with Gasteiger partial charge in [0.2, 0.25) is 11.8 Å². The summed E-state index contributed by atoms with van der Waals surface area (Å²) < 4.78 is 21.5. The Labute approximate surface area is 200 Å². The van der Waals surface area contributed by atoms with Gasteiger partial charge in [-0.15, -0.1) is 0 Å². The van der Waals surface area contributed by atoms with Gasteiger partial charge in [-0.3, -0.25) is 0 Å². The van der Waals surface area contributed by atoms with Crippen LogP contribution in [0, 0.1) is 11.3 Å². The lowest BCUT2D eigenvalue weighted by Crippen LogP contribution is -2.36. The molecule has 0 amide bonds. The first-order chi connectivity index (χ1) is 17.1. The Kier molecular flexibility index (Phi) is 6.15. The molecule has 0 radical (unpaired) electrons. The van der Waals surface area contributed by atoms with E-state index >= 15 is 0 Å². The molecule has 10 heteroatoms. The zero-order chi connectivity index (χ0) is 24.2. The van der Waals surface area contributed by atoms with E-state index in [1.54, 1.807) is 12.1 Å². The number of aromatic carboxylic acids is 1. The van der Waals surface area contributed by atoms with Crippen LogP contribution in [0.2, 0.25) is 0 Å². The van der Waals surface area contributed by atoms with E-state index in [2.05, 4.69) is 20.9 Å². The van der Waals surface area contributed by atoms with E-state index in [1.807, 2.05) is 24.3 Å². The minimum atomic E-state index is -1.46. The van der Waals surface area contributed by atoms with Gasteiger partial charge in [0.25, 0.3) is 0 Å². The molecule has 1 saturated heterocycles. The van der Waals surface area contributed by atoms with E-state index in [-0.39, 0.29) is 29.6 Å². The van der Waals surface area contributed by atoms with Gasteiger partial charge in [0.05, 0.1) is 37.4 Å². The van der Waals surface area contributed by atoms with E-state index in [1.165, 1.54) is 12.5 Å². The number of furan rings is 1. The summed E-state index contributed by atoms with van der Waals surface area (Å²) in [6.45, 7) is 2.83. The molecule has 0 unspecified atom stereocenters. The number of rotatable bonds is 7. The van der Waals surface area contributed by atoms with Gasteiger partial charge < -0.3 is 33.1 Å². The second kappa shape index (κ2) is 9.70. The van der Waals surface area contributed by atoms with Gasteiger partial charge in [-0.2, -0.15) is 5.26 Å². The average Bonchev–Trinajstić information content (AvgIpc) is 3.60. The molecular weight excluding hydrogens is 452 g/mol. The second-order valence-electron chi connectivity index (χ2n) is 7.71. The highest BCUT2D eigenvalue weighted by Crippen LogP contribution is 2.34. The van der Waals surface area contributed by atoms with E-state index in [0.717, 1.165) is 30.6 Å². The number of morpholine rings is 1. The lowest BCUT2D eigenvalue weighted by molar-refractivity contribution is -0.255. The molecule has 176 valence electrons. The van der Waals surface area contributed by atoms with Crippen molar-refractivity contribution in [3.63, 3.8) is 0 Å². The highest BCUT2D eigenvalue weighted by molar-refractivity contribution is 5.82. The number of carboxylic acids is 1. The number of nitriles is 1. The first-order valence-electron chi connectivity index (χ1n) is 10.8. The van der Waals surface area contributed by atoms with E-state index in [4.69, 9.17) is 18.3 Å². The van der Waals surface area contributed by atoms with Crippen LogP contribution < -0.4 is 14.7 Å². The number of carbonyl (C=O) groups is 1. The van der Waals surface area contributed by atoms with Gasteiger partial charge in [0, 0.05) is 35.5 Å². The fourth-order valence-corrected chi connectivity index (χ4v) is 3.79. The molecule has 0 aliphatic carbocycles. The SMILES string of the molecule is N#Cc1c(-c2ccoc2)cc(-c2ccc(N3CCOCC3)cc2)nc1OCc1nc(C(=O)[O-])co1. The van der Waals surface area contributed by atoms with Crippen LogP contribution in [0.5, 0.6) is 5.88 Å². The van der Waals surface area contributed by atoms with Crippen molar-refractivity contribution in [2.24, 2.45) is 0 Å². The Hall–Kier alpha value is -4.62. The monoisotopic (exact) mass is 471 g/mol. The third kappa shape index (κ3) is 4.71. The maximum atomic E-state index is 10.9. The summed E-state index contributed by atoms with van der Waals surface area (Å²) in [6, 6.07) is 13.6. The summed E-state index contributed by atoms with van der Waals surface area (Å²) in [4.78, 5) is 21.6. The minimum absolute atomic E-state index is 0.0139. The van der Waals surface area contributed by atoms with E-state index < -0.39 is 5.97 Å². The van der Waals surface area contributed by atoms with Crippen LogP contribution >= 0.6 is 0 Å². The van der Waals surface area contributed by atoms with Gasteiger partial charge in [0.1, 0.15) is 23.6 Å². The number of hydrogen-bond acceptors (Lipinski definition) is 10. The van der Waals surface area contributed by atoms with Gasteiger partial charge in [-0.05, 0) is 24.3 Å². The molecule has 0 bridgehead atoms. The number of nitrogens with zero attached hydrogens (tertiary/aromatic N) is 4. The number of ether oxygens (including phenoxy) is 2. The number of oxazole rings is 1. The summed E-state index contributed by atoms with van der Waals surface area (Å²) in [5.74, 6) is -1.38. The summed E-state index contributed by atoms with van der Waals surface area (Å²) in [5.41, 5.74) is 3.64. The number of carboxylic acid groups (broad SMARTS) is 1. The molecule has 0 atom stereocenters. The summed E-state index contributed by atoms with van der Waals surface area (Å²) in [5, 5.41) is 20.8. The normalized spacial score (nSPS) is 13.4. The first kappa shape index (κ1) is 22.2. The number of pyridine rings is 1. The van der Waals surface area contributed by atoms with Crippen LogP contribution in [-0.2, 0) is 11.3 Å². The van der Waals surface area contributed by atoms with Crippen LogP contribution in [0.15, 0.2) is 64.0 Å². The van der Waals surface area contributed by atoms with Gasteiger partial charge in [-0.25, -0.2) is 9.97 Å². The minimum Gasteiger partial charge on any atom is -0.543 e. The maximum absolute atomic E-state index is 10.9. The molecule has 0 spiro atoms. The second-order valence-corrected chi connectivity index (χ2v) is 7.71. The lowest BCUT2D eigenvalue weighted by Gasteiger charge is -2.28. The molecule has 0 N–H and O–H groups in total. The quantitative estimate of drug-likeness (QED) is 0.395. The molecule has 0 saturated carbocycles. The predicted molar refractivity (Wildman–Crippen MR) is 120 cm³/mol. The molecule has 1 fully saturated rings. The summed E-state index contributed by atoms with van der Waals surface area (Å²) in [7, 11) is 0. The van der Waals surface area contributed by atoms with Crippen LogP contribution in [0.4, 0.5) is 5.69 Å². The highest BCUT2D eigenvalue weighted by Gasteiger charge is 2.19. The molecule has 5 rings (SSSR count). The molecule has 1 aromatic carbocycles. The fourth-order valence-electron chi connectivity index (χ4n) is 3.79. The van der Waals surface area contributed by atoms with E-state index in [0.29, 0.717) is 30.0 Å². The molecule has 1 aliphatic rings. The third-order valence-corrected chi connectivity index (χ3v) is 5.56. The van der Waals surface area contributed by atoms with Crippen molar-refractivity contribution in [2.75, 3.05) is 31.2 Å². The third-order valence-electron chi connectivity index (χ3n) is 5.56. The smallest absolute Gasteiger partial charge is 0.233 e. The van der Waals surface area contributed by atoms with Crippen molar-refractivity contribution in [2.45, 2.75) is 6.61 Å². The molecule has 35 heavy (non-hydrogen) atoms. The average molecular weight is 471 g/mol. The standard InChI is InChI=1S/C25H20N4O6/c26-12-20-19(17-5-8-33-13-17)11-21(16-1-3-18(4-2-16)29-6-9-32-10-7-29)28-24(20)35-15-23-27-22(14-34-23)25(30)31/h1-5,8,11,13-14H,6-7,9-10,15H2,(H,30,31)/p-1. The van der Waals surface area contributed by atoms with Gasteiger partial charge in [-0.1, -0.05) is 12.1 Å². The van der Waals surface area contributed by atoms with Crippen LogP contribution in [0.1, 0.15) is 21.9 Å². The molecule has 10 nitrogen and oxygen atoms in total. The largest absolute Gasteiger partial charge is 0.543 e. The summed E-state index contributed by atoms with van der Waals surface area (Å²) >= 11 is 0. The highest BCUT2D eigenvalue weighted by atomic mass is 16.5. The zero-order valence-corrected chi connectivity index (χ0v) is 18.5. The van der Waals surface area contributed by atoms with Crippen molar-refractivity contribution < 1.29 is 28.2 Å². The van der Waals surface area contributed by atoms with Crippen molar-refractivity contribution >= 4 is 11.7 Å². The van der Waals surface area contributed by atoms with Crippen LogP contribution in [0.25, 0.3) is 22.4 Å². The van der Waals surface area contributed by atoms with Crippen molar-refractivity contribution in [3.8, 4) is 34.3 Å². The number of benzene rings is 1. The zero-order valence-electron chi connectivity index (χ0n) is 18.5. The van der Waals surface area contributed by atoms with E-state index in [9.17, 15) is 15.2 Å². The molecule has 3 aromatic heterocycles. The Balaban J connectivity index is 1.49. The van der Waals surface area contributed by atoms with Crippen molar-refractivity contribution in [1.82, 2.24) is 9.97 Å². The number of anilines is 1. The Morgan fingerprint density at radius 3 is 2.57 bits per heavy atom. The van der Waals surface area contributed by atoms with Crippen molar-refractivity contribution in [1.29, 1.82) is 5.26 Å². The van der Waals surface area contributed by atoms with Crippen LogP contribution in [0.3, 0.4) is 0 Å². The van der Waals surface area contributed by atoms with Gasteiger partial charge >= 0.3 is 0 Å². The number of hydrogen-bond donors (Lipinski definition) is 0.